The highest BCUT2D eigenvalue weighted by Gasteiger charge is 2.42. The summed E-state index contributed by atoms with van der Waals surface area (Å²) in [5, 5.41) is 8.37. The molecule has 1 aromatic rings. The lowest BCUT2D eigenvalue weighted by Crippen LogP contribution is -2.34. The molecule has 0 saturated heterocycles. The molecular formula is C10H5F6NO. The Hall–Kier alpha value is -1.91. The van der Waals surface area contributed by atoms with Crippen LogP contribution in [0, 0.1) is 23.0 Å². The van der Waals surface area contributed by atoms with Gasteiger partial charge in [-0.05, 0) is 12.1 Å². The minimum atomic E-state index is -4.52. The number of nitrogens with zero attached hydrogens (tertiary/aromatic N) is 1. The Bertz CT molecular complexity index is 459. The molecule has 18 heavy (non-hydrogen) atoms. The lowest BCUT2D eigenvalue weighted by atomic mass is 10.2. The second-order valence-electron chi connectivity index (χ2n) is 3.23. The quantitative estimate of drug-likeness (QED) is 0.787. The van der Waals surface area contributed by atoms with Gasteiger partial charge >= 0.3 is 12.3 Å². The van der Waals surface area contributed by atoms with Crippen molar-refractivity contribution in [1.82, 2.24) is 0 Å². The van der Waals surface area contributed by atoms with Crippen LogP contribution < -0.4 is 4.74 Å². The molecule has 0 aliphatic carbocycles. The Morgan fingerprint density at radius 2 is 1.72 bits per heavy atom. The van der Waals surface area contributed by atoms with E-state index in [1.54, 1.807) is 0 Å². The van der Waals surface area contributed by atoms with Gasteiger partial charge in [-0.2, -0.15) is 14.0 Å². The van der Waals surface area contributed by atoms with E-state index in [0.29, 0.717) is 12.1 Å². The van der Waals surface area contributed by atoms with E-state index < -0.39 is 41.9 Å². The molecule has 0 unspecified atom stereocenters. The summed E-state index contributed by atoms with van der Waals surface area (Å²) < 4.78 is 78.7. The van der Waals surface area contributed by atoms with Gasteiger partial charge in [0.1, 0.15) is 0 Å². The number of rotatable bonds is 4. The van der Waals surface area contributed by atoms with Gasteiger partial charge in [-0.1, -0.05) is 0 Å². The summed E-state index contributed by atoms with van der Waals surface area (Å²) in [6.07, 6.45) is -4.01. The summed E-state index contributed by atoms with van der Waals surface area (Å²) in [5.41, 5.74) is -0.391. The average Bonchev–Trinajstić information content (AvgIpc) is 2.27. The molecular weight excluding hydrogens is 264 g/mol. The minimum Gasteiger partial charge on any atom is -0.481 e. The highest BCUT2D eigenvalue weighted by Crippen LogP contribution is 2.27. The molecule has 0 aliphatic heterocycles. The van der Waals surface area contributed by atoms with Gasteiger partial charge in [0.25, 0.3) is 0 Å². The first-order chi connectivity index (χ1) is 8.27. The number of ether oxygens (including phenoxy) is 1. The zero-order chi connectivity index (χ0) is 13.9. The van der Waals surface area contributed by atoms with Crippen LogP contribution in [0.15, 0.2) is 12.1 Å². The maximum Gasteiger partial charge on any atom is 0.340 e. The van der Waals surface area contributed by atoms with Gasteiger partial charge in [0, 0.05) is 0 Å². The maximum atomic E-state index is 13.1. The van der Waals surface area contributed by atoms with Gasteiger partial charge in [0.15, 0.2) is 24.0 Å². The molecule has 0 N–H and O–H groups in total. The molecule has 1 aromatic carbocycles. The first-order valence-electron chi connectivity index (χ1n) is 4.46. The molecule has 0 bridgehead atoms. The summed E-state index contributed by atoms with van der Waals surface area (Å²) >= 11 is 0. The van der Waals surface area contributed by atoms with E-state index in [1.807, 2.05) is 0 Å². The number of hydrogen-bond acceptors (Lipinski definition) is 2. The van der Waals surface area contributed by atoms with Crippen LogP contribution in [-0.4, -0.2) is 19.0 Å². The van der Waals surface area contributed by atoms with Crippen molar-refractivity contribution in [2.75, 3.05) is 6.61 Å². The second-order valence-corrected chi connectivity index (χ2v) is 3.23. The van der Waals surface area contributed by atoms with Crippen LogP contribution in [0.3, 0.4) is 0 Å². The molecule has 1 rings (SSSR count). The van der Waals surface area contributed by atoms with Crippen molar-refractivity contribution in [3.8, 4) is 11.8 Å². The number of benzene rings is 1. The molecule has 0 radical (unpaired) electrons. The first kappa shape index (κ1) is 14.2. The lowest BCUT2D eigenvalue weighted by Gasteiger charge is -2.16. The summed E-state index contributed by atoms with van der Waals surface area (Å²) in [5.74, 6) is -8.59. The van der Waals surface area contributed by atoms with Crippen LogP contribution in [0.4, 0.5) is 26.3 Å². The van der Waals surface area contributed by atoms with Gasteiger partial charge in [0.05, 0.1) is 11.6 Å². The fourth-order valence-electron chi connectivity index (χ4n) is 0.994. The normalized spacial score (nSPS) is 11.4. The van der Waals surface area contributed by atoms with Crippen LogP contribution in [0.5, 0.6) is 5.75 Å². The van der Waals surface area contributed by atoms with Crippen LogP contribution in [0.1, 0.15) is 5.56 Å². The lowest BCUT2D eigenvalue weighted by molar-refractivity contribution is -0.148. The van der Waals surface area contributed by atoms with Crippen molar-refractivity contribution in [3.63, 3.8) is 0 Å². The third-order valence-corrected chi connectivity index (χ3v) is 1.86. The van der Waals surface area contributed by atoms with Gasteiger partial charge < -0.3 is 4.74 Å². The highest BCUT2D eigenvalue weighted by atomic mass is 19.3. The predicted octanol–water partition coefficient (Wildman–Crippen LogP) is 3.12. The SMILES string of the molecule is N#Cc1cc(F)c(OCC(F)(F)C(F)F)c(F)c1. The Morgan fingerprint density at radius 1 is 1.22 bits per heavy atom. The summed E-state index contributed by atoms with van der Waals surface area (Å²) in [4.78, 5) is 0. The summed E-state index contributed by atoms with van der Waals surface area (Å²) in [7, 11) is 0. The van der Waals surface area contributed by atoms with Crippen LogP contribution >= 0.6 is 0 Å². The number of hydrogen-bond donors (Lipinski definition) is 0. The van der Waals surface area contributed by atoms with Gasteiger partial charge in [-0.25, -0.2) is 17.6 Å². The van der Waals surface area contributed by atoms with E-state index in [-0.39, 0.29) is 0 Å². The molecule has 0 aliphatic rings. The minimum absolute atomic E-state index is 0.391. The smallest absolute Gasteiger partial charge is 0.340 e. The molecule has 0 heterocycles. The maximum absolute atomic E-state index is 13.1. The second kappa shape index (κ2) is 5.16. The van der Waals surface area contributed by atoms with Gasteiger partial charge in [-0.15, -0.1) is 0 Å². The van der Waals surface area contributed by atoms with Crippen molar-refractivity contribution >= 4 is 0 Å². The van der Waals surface area contributed by atoms with E-state index >= 15 is 0 Å². The number of nitriles is 1. The first-order valence-corrected chi connectivity index (χ1v) is 4.46. The van der Waals surface area contributed by atoms with E-state index in [1.165, 1.54) is 6.07 Å². The molecule has 0 atom stereocenters. The Morgan fingerprint density at radius 3 is 2.11 bits per heavy atom. The highest BCUT2D eigenvalue weighted by molar-refractivity contribution is 5.37. The summed E-state index contributed by atoms with van der Waals surface area (Å²) in [6.45, 7) is -1.87. The number of alkyl halides is 4. The third kappa shape index (κ3) is 3.06. The number of halogens is 6. The van der Waals surface area contributed by atoms with Crippen LogP contribution in [-0.2, 0) is 0 Å². The molecule has 8 heteroatoms. The Labute approximate surface area is 97.4 Å². The van der Waals surface area contributed by atoms with Crippen molar-refractivity contribution < 1.29 is 31.1 Å². The Kier molecular flexibility index (Phi) is 4.06. The third-order valence-electron chi connectivity index (χ3n) is 1.86. The fourth-order valence-corrected chi connectivity index (χ4v) is 0.994. The van der Waals surface area contributed by atoms with Crippen molar-refractivity contribution in [2.45, 2.75) is 12.3 Å². The van der Waals surface area contributed by atoms with E-state index in [9.17, 15) is 26.3 Å². The van der Waals surface area contributed by atoms with E-state index in [4.69, 9.17) is 5.26 Å². The molecule has 2 nitrogen and oxygen atoms in total. The monoisotopic (exact) mass is 269 g/mol. The standard InChI is InChI=1S/C10H5F6NO/c11-6-1-5(3-17)2-7(12)8(6)18-4-10(15,16)9(13)14/h1-2,9H,4H2. The summed E-state index contributed by atoms with van der Waals surface area (Å²) in [6, 6.07) is 2.50. The fraction of sp³-hybridized carbons (Fsp3) is 0.300. The molecule has 0 spiro atoms. The molecule has 0 fully saturated rings. The average molecular weight is 269 g/mol. The molecule has 0 amide bonds. The molecule has 98 valence electrons. The Balaban J connectivity index is 2.90. The van der Waals surface area contributed by atoms with Gasteiger partial charge in [0.2, 0.25) is 0 Å². The van der Waals surface area contributed by atoms with E-state index in [2.05, 4.69) is 4.74 Å². The molecule has 0 aromatic heterocycles. The van der Waals surface area contributed by atoms with Crippen LogP contribution in [0.25, 0.3) is 0 Å². The topological polar surface area (TPSA) is 33.0 Å². The largest absolute Gasteiger partial charge is 0.481 e. The predicted molar refractivity (Wildman–Crippen MR) is 47.5 cm³/mol. The van der Waals surface area contributed by atoms with E-state index in [0.717, 1.165) is 0 Å². The zero-order valence-electron chi connectivity index (χ0n) is 8.56. The van der Waals surface area contributed by atoms with Crippen LogP contribution in [0.2, 0.25) is 0 Å². The van der Waals surface area contributed by atoms with Crippen molar-refractivity contribution in [3.05, 3.63) is 29.3 Å². The van der Waals surface area contributed by atoms with Crippen molar-refractivity contribution in [2.24, 2.45) is 0 Å². The zero-order valence-corrected chi connectivity index (χ0v) is 8.56. The van der Waals surface area contributed by atoms with Gasteiger partial charge in [-0.3, -0.25) is 0 Å². The molecule has 0 saturated carbocycles. The van der Waals surface area contributed by atoms with Crippen molar-refractivity contribution in [1.29, 1.82) is 5.26 Å².